The third-order valence-corrected chi connectivity index (χ3v) is 4.23. The van der Waals surface area contributed by atoms with E-state index in [1.165, 1.54) is 44.2 Å². The summed E-state index contributed by atoms with van der Waals surface area (Å²) in [5.74, 6) is 0. The maximum Gasteiger partial charge on any atom is 0.173 e. The first kappa shape index (κ1) is 21.8. The summed E-state index contributed by atoms with van der Waals surface area (Å²) in [6.07, 6.45) is 16.8. The molecule has 0 amide bonds. The Morgan fingerprint density at radius 3 is 2.77 bits per heavy atom. The molecule has 1 atom stereocenters. The van der Waals surface area contributed by atoms with Crippen LogP contribution in [0, 0.1) is 0 Å². The van der Waals surface area contributed by atoms with E-state index in [2.05, 4.69) is 60.1 Å². The first-order chi connectivity index (χ1) is 9.81. The van der Waals surface area contributed by atoms with Gasteiger partial charge in [0.05, 0.1) is 0 Å². The fourth-order valence-corrected chi connectivity index (χ4v) is 2.99. The maximum absolute atomic E-state index is 2.48. The molecule has 0 radical (unpaired) electrons. The van der Waals surface area contributed by atoms with E-state index in [9.17, 15) is 0 Å². The number of halogens is 2. The number of hydrogen-bond donors (Lipinski definition) is 0. The Labute approximate surface area is 157 Å². The molecule has 126 valence electrons. The van der Waals surface area contributed by atoms with Crippen molar-refractivity contribution in [3.05, 3.63) is 42.2 Å². The van der Waals surface area contributed by atoms with Crippen LogP contribution in [-0.4, -0.2) is 18.5 Å². The summed E-state index contributed by atoms with van der Waals surface area (Å²) in [5, 5.41) is 0. The minimum atomic E-state index is 0. The Morgan fingerprint density at radius 1 is 1.32 bits per heavy atom. The van der Waals surface area contributed by atoms with E-state index in [0.29, 0.717) is 6.04 Å². The van der Waals surface area contributed by atoms with Gasteiger partial charge in [-0.1, -0.05) is 31.9 Å². The summed E-state index contributed by atoms with van der Waals surface area (Å²) in [6.45, 7) is 4.57. The van der Waals surface area contributed by atoms with Crippen molar-refractivity contribution in [1.29, 1.82) is 0 Å². The molecule has 2 heterocycles. The van der Waals surface area contributed by atoms with Gasteiger partial charge in [0.25, 0.3) is 0 Å². The van der Waals surface area contributed by atoms with Gasteiger partial charge in [0.1, 0.15) is 0 Å². The van der Waals surface area contributed by atoms with Gasteiger partial charge in [-0.25, -0.2) is 4.57 Å². The number of likely N-dealkylation sites (tertiary alicyclic amines) is 1. The third-order valence-electron chi connectivity index (χ3n) is 4.23. The number of allylic oxidation sites excluding steroid dienone is 2. The fraction of sp³-hybridized carbons (Fsp3) is 0.611. The molecule has 1 aliphatic heterocycles. The first-order valence-electron chi connectivity index (χ1n) is 8.15. The molecule has 22 heavy (non-hydrogen) atoms. The summed E-state index contributed by atoms with van der Waals surface area (Å²) >= 11 is 0. The molecule has 1 unspecified atom stereocenters. The van der Waals surface area contributed by atoms with Crippen LogP contribution in [0.2, 0.25) is 0 Å². The molecule has 1 aromatic rings. The van der Waals surface area contributed by atoms with Gasteiger partial charge >= 0.3 is 0 Å². The van der Waals surface area contributed by atoms with Crippen LogP contribution in [0.3, 0.4) is 0 Å². The van der Waals surface area contributed by atoms with Crippen molar-refractivity contribution in [3.8, 4) is 0 Å². The van der Waals surface area contributed by atoms with Gasteiger partial charge in [-0.2, -0.15) is 0 Å². The lowest BCUT2D eigenvalue weighted by Gasteiger charge is -2.18. The van der Waals surface area contributed by atoms with E-state index in [-0.39, 0.29) is 34.0 Å². The summed E-state index contributed by atoms with van der Waals surface area (Å²) in [6, 6.07) is 5.10. The monoisotopic (exact) mass is 432 g/mol. The number of aryl methyl sites for hydroxylation is 1. The Morgan fingerprint density at radius 2 is 2.09 bits per heavy atom. The van der Waals surface area contributed by atoms with Crippen LogP contribution in [0.1, 0.15) is 57.1 Å². The molecule has 1 fully saturated rings. The quantitative estimate of drug-likeness (QED) is 0.358. The van der Waals surface area contributed by atoms with Gasteiger partial charge in [0.15, 0.2) is 18.9 Å². The fourth-order valence-electron chi connectivity index (χ4n) is 2.99. The van der Waals surface area contributed by atoms with Crippen LogP contribution in [0.4, 0.5) is 0 Å². The first-order valence-corrected chi connectivity index (χ1v) is 8.15. The van der Waals surface area contributed by atoms with E-state index in [1.807, 2.05) is 0 Å². The average Bonchev–Trinajstić information content (AvgIpc) is 2.89. The zero-order valence-electron chi connectivity index (χ0n) is 13.9. The van der Waals surface area contributed by atoms with Crippen LogP contribution in [-0.2, 0) is 6.54 Å². The molecular weight excluding hydrogens is 404 g/mol. The van der Waals surface area contributed by atoms with Crippen molar-refractivity contribution in [2.24, 2.45) is 0 Å². The second-order valence-electron chi connectivity index (χ2n) is 5.92. The Hall–Kier alpha value is -0.190. The number of pyridine rings is 1. The lowest BCUT2D eigenvalue weighted by molar-refractivity contribution is -0.696. The van der Waals surface area contributed by atoms with Gasteiger partial charge in [-0.3, -0.25) is 4.90 Å². The Kier molecular flexibility index (Phi) is 12.2. The molecule has 1 aliphatic rings. The molecule has 0 bridgehead atoms. The van der Waals surface area contributed by atoms with Crippen molar-refractivity contribution >= 4 is 17.0 Å². The zero-order valence-corrected chi connectivity index (χ0v) is 17.2. The van der Waals surface area contributed by atoms with Crippen molar-refractivity contribution in [3.63, 3.8) is 0 Å². The highest BCUT2D eigenvalue weighted by Gasteiger charge is 2.24. The molecule has 0 aromatic carbocycles. The molecule has 1 saturated heterocycles. The van der Waals surface area contributed by atoms with Gasteiger partial charge in [0.2, 0.25) is 0 Å². The van der Waals surface area contributed by atoms with Gasteiger partial charge in [-0.15, -0.1) is 17.0 Å². The van der Waals surface area contributed by atoms with Crippen LogP contribution in [0.15, 0.2) is 36.7 Å². The SMILES string of the molecule is Br.CCCC/C=C\CC[n+]1cccc(C2CCCN2C)c1.[Br-]. The summed E-state index contributed by atoms with van der Waals surface area (Å²) in [4.78, 5) is 2.48. The van der Waals surface area contributed by atoms with Gasteiger partial charge in [-0.05, 0) is 38.9 Å². The normalized spacial score (nSPS) is 18.2. The van der Waals surface area contributed by atoms with Crippen molar-refractivity contribution < 1.29 is 21.5 Å². The lowest BCUT2D eigenvalue weighted by Crippen LogP contribution is -3.00. The molecule has 0 N–H and O–H groups in total. The van der Waals surface area contributed by atoms with Gasteiger partial charge in [0, 0.05) is 24.1 Å². The van der Waals surface area contributed by atoms with Crippen LogP contribution >= 0.6 is 17.0 Å². The largest absolute Gasteiger partial charge is 1.00 e. The van der Waals surface area contributed by atoms with Crippen molar-refractivity contribution in [2.45, 2.75) is 58.0 Å². The minimum Gasteiger partial charge on any atom is -1.00 e. The predicted molar refractivity (Wildman–Crippen MR) is 94.8 cm³/mol. The van der Waals surface area contributed by atoms with E-state index in [1.54, 1.807) is 0 Å². The summed E-state index contributed by atoms with van der Waals surface area (Å²) < 4.78 is 2.34. The molecule has 2 nitrogen and oxygen atoms in total. The van der Waals surface area contributed by atoms with Crippen molar-refractivity contribution in [2.75, 3.05) is 13.6 Å². The average molecular weight is 434 g/mol. The number of unbranched alkanes of at least 4 members (excludes halogenated alkanes) is 2. The maximum atomic E-state index is 2.48. The third kappa shape index (κ3) is 6.93. The Bertz CT molecular complexity index is 435. The number of nitrogens with zero attached hydrogens (tertiary/aromatic N) is 2. The zero-order chi connectivity index (χ0) is 14.2. The molecule has 1 aromatic heterocycles. The number of aromatic nitrogens is 1. The lowest BCUT2D eigenvalue weighted by atomic mass is 10.1. The highest BCUT2D eigenvalue weighted by atomic mass is 79.9. The molecule has 0 aliphatic carbocycles. The highest BCUT2D eigenvalue weighted by molar-refractivity contribution is 8.93. The predicted octanol–water partition coefficient (Wildman–Crippen LogP) is 1.46. The smallest absolute Gasteiger partial charge is 0.173 e. The second-order valence-corrected chi connectivity index (χ2v) is 5.92. The molecular formula is C18H30Br2N2. The number of rotatable bonds is 7. The summed E-state index contributed by atoms with van der Waals surface area (Å²) in [7, 11) is 2.24. The number of hydrogen-bond acceptors (Lipinski definition) is 1. The van der Waals surface area contributed by atoms with Crippen LogP contribution in [0.5, 0.6) is 0 Å². The standard InChI is InChI=1S/C18H29N2.2BrH/c1-3-4-5-6-7-8-14-20-15-9-11-17(16-20)18-12-10-13-19(18)2;;/h6-7,9,11,15-16,18H,3-5,8,10,12-14H2,1-2H3;2*1H/q+1;;/p-1/b7-6-;;. The molecule has 0 spiro atoms. The topological polar surface area (TPSA) is 7.12 Å². The van der Waals surface area contributed by atoms with E-state index < -0.39 is 0 Å². The van der Waals surface area contributed by atoms with Gasteiger partial charge < -0.3 is 17.0 Å². The molecule has 4 heteroatoms. The van der Waals surface area contributed by atoms with Crippen LogP contribution in [0.25, 0.3) is 0 Å². The summed E-state index contributed by atoms with van der Waals surface area (Å²) in [5.41, 5.74) is 1.47. The molecule has 2 rings (SSSR count). The van der Waals surface area contributed by atoms with E-state index in [4.69, 9.17) is 0 Å². The van der Waals surface area contributed by atoms with E-state index in [0.717, 1.165) is 13.0 Å². The highest BCUT2D eigenvalue weighted by Crippen LogP contribution is 2.29. The second kappa shape index (κ2) is 12.3. The van der Waals surface area contributed by atoms with E-state index >= 15 is 0 Å². The Balaban J connectivity index is 0.00000220. The van der Waals surface area contributed by atoms with Crippen molar-refractivity contribution in [1.82, 2.24) is 4.90 Å². The van der Waals surface area contributed by atoms with Crippen LogP contribution < -0.4 is 21.5 Å². The minimum absolute atomic E-state index is 0. The molecule has 0 saturated carbocycles.